The number of hydrogen-bond donors (Lipinski definition) is 1. The van der Waals surface area contributed by atoms with Gasteiger partial charge in [-0.1, -0.05) is 18.3 Å². The van der Waals surface area contributed by atoms with E-state index in [0.29, 0.717) is 4.96 Å². The molecule has 162 valence electrons. The minimum Gasteiger partial charge on any atom is -0.497 e. The number of piperazine rings is 1. The van der Waals surface area contributed by atoms with Crippen molar-refractivity contribution in [2.24, 2.45) is 0 Å². The standard InChI is InChI=1S/C22H25N5O3S/c1-3-18-23-22-27(24-18)21(28)20(31-22)19(17-5-4-14-30-17)26-12-10-25(11-13-26)15-6-8-16(29-2)9-7-15/h4-9,14,19,28H,3,10-13H2,1-2H3/t19-/m0/s1. The smallest absolute Gasteiger partial charge is 0.230 e. The Bertz CT molecular complexity index is 1140. The number of fused-ring (bicyclic) bond motifs is 1. The normalized spacial score (nSPS) is 16.1. The molecule has 0 unspecified atom stereocenters. The van der Waals surface area contributed by atoms with Crippen LogP contribution in [0.25, 0.3) is 4.96 Å². The van der Waals surface area contributed by atoms with Gasteiger partial charge in [-0.05, 0) is 36.4 Å². The van der Waals surface area contributed by atoms with Crippen LogP contribution in [0.5, 0.6) is 11.6 Å². The molecule has 0 bridgehead atoms. The van der Waals surface area contributed by atoms with Gasteiger partial charge in [0.1, 0.15) is 17.6 Å². The number of methoxy groups -OCH3 is 1. The second-order valence-corrected chi connectivity index (χ2v) is 8.51. The quantitative estimate of drug-likeness (QED) is 0.492. The third kappa shape index (κ3) is 3.64. The minimum absolute atomic E-state index is 0.145. The van der Waals surface area contributed by atoms with E-state index in [4.69, 9.17) is 9.15 Å². The van der Waals surface area contributed by atoms with Crippen molar-refractivity contribution in [3.63, 3.8) is 0 Å². The highest BCUT2D eigenvalue weighted by Crippen LogP contribution is 2.40. The van der Waals surface area contributed by atoms with Gasteiger partial charge in [0.2, 0.25) is 10.8 Å². The summed E-state index contributed by atoms with van der Waals surface area (Å²) < 4.78 is 12.6. The molecule has 1 aliphatic rings. The Morgan fingerprint density at radius 3 is 2.55 bits per heavy atom. The first-order valence-electron chi connectivity index (χ1n) is 10.4. The zero-order chi connectivity index (χ0) is 21.4. The van der Waals surface area contributed by atoms with Crippen LogP contribution in [-0.4, -0.2) is 57.9 Å². The molecule has 5 rings (SSSR count). The number of anilines is 1. The summed E-state index contributed by atoms with van der Waals surface area (Å²) in [6, 6.07) is 11.8. The van der Waals surface area contributed by atoms with Gasteiger partial charge in [0, 0.05) is 38.3 Å². The fourth-order valence-corrected chi connectivity index (χ4v) is 5.19. The maximum absolute atomic E-state index is 11.0. The summed E-state index contributed by atoms with van der Waals surface area (Å²) in [4.78, 5) is 10.8. The number of benzene rings is 1. The van der Waals surface area contributed by atoms with Crippen molar-refractivity contribution in [2.45, 2.75) is 19.4 Å². The van der Waals surface area contributed by atoms with Crippen LogP contribution < -0.4 is 9.64 Å². The van der Waals surface area contributed by atoms with Crippen LogP contribution >= 0.6 is 11.3 Å². The van der Waals surface area contributed by atoms with Crippen molar-refractivity contribution in [3.05, 3.63) is 59.1 Å². The van der Waals surface area contributed by atoms with Crippen molar-refractivity contribution in [2.75, 3.05) is 38.2 Å². The van der Waals surface area contributed by atoms with E-state index in [0.717, 1.165) is 54.8 Å². The van der Waals surface area contributed by atoms with Crippen LogP contribution in [0.4, 0.5) is 5.69 Å². The Morgan fingerprint density at radius 1 is 1.16 bits per heavy atom. The topological polar surface area (TPSA) is 79.3 Å². The minimum atomic E-state index is -0.174. The summed E-state index contributed by atoms with van der Waals surface area (Å²) in [5.41, 5.74) is 1.18. The molecular formula is C22H25N5O3S. The number of aromatic hydroxyl groups is 1. The Morgan fingerprint density at radius 2 is 1.94 bits per heavy atom. The third-order valence-corrected chi connectivity index (χ3v) is 6.81. The SMILES string of the molecule is CCc1nc2sc([C@H](c3ccco3)N3CCN(c4ccc(OC)cc4)CC3)c(O)n2n1. The van der Waals surface area contributed by atoms with Crippen LogP contribution in [0.2, 0.25) is 0 Å². The summed E-state index contributed by atoms with van der Waals surface area (Å²) in [6.07, 6.45) is 2.41. The zero-order valence-corrected chi connectivity index (χ0v) is 18.4. The molecule has 0 aliphatic carbocycles. The molecule has 8 nitrogen and oxygen atoms in total. The summed E-state index contributed by atoms with van der Waals surface area (Å²) in [6.45, 7) is 5.44. The van der Waals surface area contributed by atoms with Crippen molar-refractivity contribution in [1.82, 2.24) is 19.5 Å². The number of hydrogen-bond acceptors (Lipinski definition) is 8. The van der Waals surface area contributed by atoms with Crippen LogP contribution in [0.15, 0.2) is 47.1 Å². The Hall–Kier alpha value is -3.04. The molecule has 9 heteroatoms. The van der Waals surface area contributed by atoms with E-state index in [9.17, 15) is 5.11 Å². The van der Waals surface area contributed by atoms with Gasteiger partial charge in [0.05, 0.1) is 18.3 Å². The Kier molecular flexibility index (Phi) is 5.29. The number of ether oxygens (including phenoxy) is 1. The van der Waals surface area contributed by atoms with E-state index < -0.39 is 0 Å². The first-order valence-corrected chi connectivity index (χ1v) is 11.2. The molecule has 1 N–H and O–H groups in total. The second-order valence-electron chi connectivity index (χ2n) is 7.50. The molecule has 0 spiro atoms. The monoisotopic (exact) mass is 439 g/mol. The molecule has 4 heterocycles. The van der Waals surface area contributed by atoms with E-state index in [2.05, 4.69) is 32.0 Å². The predicted molar refractivity (Wildman–Crippen MR) is 119 cm³/mol. The average Bonchev–Trinajstić information content (AvgIpc) is 3.54. The van der Waals surface area contributed by atoms with Crippen molar-refractivity contribution in [3.8, 4) is 11.6 Å². The summed E-state index contributed by atoms with van der Waals surface area (Å²) in [7, 11) is 1.68. The highest BCUT2D eigenvalue weighted by molar-refractivity contribution is 7.17. The molecule has 0 radical (unpaired) electrons. The van der Waals surface area contributed by atoms with Gasteiger partial charge < -0.3 is 19.2 Å². The van der Waals surface area contributed by atoms with Gasteiger partial charge in [0.15, 0.2) is 5.82 Å². The van der Waals surface area contributed by atoms with Gasteiger partial charge in [0.25, 0.3) is 0 Å². The Balaban J connectivity index is 1.40. The molecule has 0 amide bonds. The van der Waals surface area contributed by atoms with Gasteiger partial charge in [-0.25, -0.2) is 4.98 Å². The highest BCUT2D eigenvalue weighted by Gasteiger charge is 2.33. The summed E-state index contributed by atoms with van der Waals surface area (Å²) >= 11 is 1.47. The molecule has 1 atom stereocenters. The molecular weight excluding hydrogens is 414 g/mol. The molecule has 1 aromatic carbocycles. The lowest BCUT2D eigenvalue weighted by molar-refractivity contribution is 0.191. The largest absolute Gasteiger partial charge is 0.497 e. The highest BCUT2D eigenvalue weighted by atomic mass is 32.1. The zero-order valence-electron chi connectivity index (χ0n) is 17.6. The summed E-state index contributed by atoms with van der Waals surface area (Å²) in [5, 5.41) is 15.4. The molecule has 31 heavy (non-hydrogen) atoms. The van der Waals surface area contributed by atoms with Crippen LogP contribution in [-0.2, 0) is 6.42 Å². The number of rotatable bonds is 6. The molecule has 0 saturated carbocycles. The van der Waals surface area contributed by atoms with Gasteiger partial charge >= 0.3 is 0 Å². The van der Waals surface area contributed by atoms with E-state index in [-0.39, 0.29) is 11.9 Å². The number of aromatic nitrogens is 3. The number of thiazole rings is 1. The third-order valence-electron chi connectivity index (χ3n) is 5.74. The molecule has 1 saturated heterocycles. The first kappa shape index (κ1) is 19.9. The molecule has 1 aliphatic heterocycles. The lowest BCUT2D eigenvalue weighted by Crippen LogP contribution is -2.47. The van der Waals surface area contributed by atoms with E-state index in [1.807, 2.05) is 31.2 Å². The van der Waals surface area contributed by atoms with Crippen LogP contribution in [0.1, 0.15) is 29.4 Å². The van der Waals surface area contributed by atoms with Crippen LogP contribution in [0.3, 0.4) is 0 Å². The molecule has 4 aromatic rings. The molecule has 1 fully saturated rings. The van der Waals surface area contributed by atoms with Crippen molar-refractivity contribution >= 4 is 22.0 Å². The van der Waals surface area contributed by atoms with E-state index in [1.165, 1.54) is 17.0 Å². The summed E-state index contributed by atoms with van der Waals surface area (Å²) in [5.74, 6) is 2.55. The van der Waals surface area contributed by atoms with Crippen molar-refractivity contribution in [1.29, 1.82) is 0 Å². The van der Waals surface area contributed by atoms with E-state index in [1.54, 1.807) is 17.9 Å². The number of nitrogens with zero attached hydrogens (tertiary/aromatic N) is 5. The lowest BCUT2D eigenvalue weighted by atomic mass is 10.1. The Labute approximate surface area is 184 Å². The fourth-order valence-electron chi connectivity index (χ4n) is 4.07. The second kappa shape index (κ2) is 8.24. The maximum Gasteiger partial charge on any atom is 0.230 e. The maximum atomic E-state index is 11.0. The average molecular weight is 440 g/mol. The van der Waals surface area contributed by atoms with Gasteiger partial charge in [-0.3, -0.25) is 4.90 Å². The number of aryl methyl sites for hydroxylation is 1. The lowest BCUT2D eigenvalue weighted by Gasteiger charge is -2.39. The van der Waals surface area contributed by atoms with Crippen LogP contribution in [0, 0.1) is 0 Å². The van der Waals surface area contributed by atoms with Gasteiger partial charge in [-0.2, -0.15) is 4.52 Å². The molecule has 3 aromatic heterocycles. The predicted octanol–water partition coefficient (Wildman–Crippen LogP) is 3.57. The van der Waals surface area contributed by atoms with E-state index >= 15 is 0 Å². The van der Waals surface area contributed by atoms with Crippen molar-refractivity contribution < 1.29 is 14.3 Å². The number of furan rings is 1. The fraction of sp³-hybridized carbons (Fsp3) is 0.364. The van der Waals surface area contributed by atoms with Gasteiger partial charge in [-0.15, -0.1) is 5.10 Å². The first-order chi connectivity index (χ1) is 15.2.